The van der Waals surface area contributed by atoms with Gasteiger partial charge in [0.25, 0.3) is 0 Å². The average molecular weight is 450 g/mol. The van der Waals surface area contributed by atoms with Gasteiger partial charge in [0.1, 0.15) is 0 Å². The number of rotatable bonds is 7. The van der Waals surface area contributed by atoms with Crippen LogP contribution in [0.2, 0.25) is 0 Å². The third kappa shape index (κ3) is 5.41. The molecule has 1 saturated heterocycles. The van der Waals surface area contributed by atoms with Gasteiger partial charge >= 0.3 is 0 Å². The highest BCUT2D eigenvalue weighted by molar-refractivity contribution is 5.73. The number of nitrogen functional groups attached to an aromatic ring is 1. The molecular formula is C28H41N4O+. The molecular weight excluding hydrogens is 408 g/mol. The number of likely N-dealkylation sites (N-methyl/N-ethyl adjacent to an activating group) is 1. The van der Waals surface area contributed by atoms with Crippen molar-refractivity contribution in [3.8, 4) is 0 Å². The lowest BCUT2D eigenvalue weighted by Gasteiger charge is -2.49. The van der Waals surface area contributed by atoms with Crippen LogP contribution in [0.5, 0.6) is 0 Å². The first-order chi connectivity index (χ1) is 15.7. The van der Waals surface area contributed by atoms with Crippen LogP contribution in [0.4, 0.5) is 11.4 Å². The monoisotopic (exact) mass is 449 g/mol. The van der Waals surface area contributed by atoms with Crippen molar-refractivity contribution in [2.45, 2.75) is 66.6 Å². The first kappa shape index (κ1) is 24.8. The molecule has 1 heterocycles. The molecule has 0 bridgehead atoms. The van der Waals surface area contributed by atoms with Crippen molar-refractivity contribution in [2.24, 2.45) is 0 Å². The summed E-state index contributed by atoms with van der Waals surface area (Å²) in [4.78, 5) is 11.8. The van der Waals surface area contributed by atoms with Crippen LogP contribution in [0.25, 0.3) is 6.08 Å². The predicted molar refractivity (Wildman–Crippen MR) is 140 cm³/mol. The van der Waals surface area contributed by atoms with Gasteiger partial charge in [0.2, 0.25) is 5.91 Å². The minimum Gasteiger partial charge on any atom is -0.398 e. The second-order valence-electron chi connectivity index (χ2n) is 9.62. The van der Waals surface area contributed by atoms with Crippen molar-refractivity contribution in [1.29, 1.82) is 0 Å². The quantitative estimate of drug-likeness (QED) is 0.407. The molecule has 2 aromatic rings. The van der Waals surface area contributed by atoms with Gasteiger partial charge in [-0.15, -0.1) is 0 Å². The fourth-order valence-corrected chi connectivity index (χ4v) is 5.21. The number of hydrogen-bond acceptors (Lipinski definition) is 3. The van der Waals surface area contributed by atoms with E-state index >= 15 is 0 Å². The topological polar surface area (TPSA) is 67.2 Å². The Morgan fingerprint density at radius 1 is 1.09 bits per heavy atom. The van der Waals surface area contributed by atoms with Crippen LogP contribution in [0, 0.1) is 27.7 Å². The number of carbonyl (C=O) groups excluding carboxylic acids is 1. The van der Waals surface area contributed by atoms with Crippen LogP contribution >= 0.6 is 0 Å². The molecule has 0 saturated carbocycles. The van der Waals surface area contributed by atoms with Crippen molar-refractivity contribution in [3.05, 3.63) is 64.2 Å². The van der Waals surface area contributed by atoms with Gasteiger partial charge in [0.15, 0.2) is 6.17 Å². The molecule has 33 heavy (non-hydrogen) atoms. The Morgan fingerprint density at radius 2 is 1.73 bits per heavy atom. The molecule has 1 amide bonds. The second kappa shape index (κ2) is 10.4. The SMILES string of the molecule is CC[N+]1(C/C=C/c2ccccc2)CCC(NC(C)=O)CC1Nc1c(C)c(C)c(N)c(C)c1C. The van der Waals surface area contributed by atoms with E-state index in [0.29, 0.717) is 0 Å². The third-order valence-electron chi connectivity index (χ3n) is 7.70. The van der Waals surface area contributed by atoms with Crippen molar-refractivity contribution >= 4 is 23.4 Å². The molecule has 3 atom stereocenters. The summed E-state index contributed by atoms with van der Waals surface area (Å²) in [5.74, 6) is 0.0470. The molecule has 1 aliphatic rings. The summed E-state index contributed by atoms with van der Waals surface area (Å²) in [5, 5.41) is 7.13. The van der Waals surface area contributed by atoms with Crippen molar-refractivity contribution in [1.82, 2.24) is 5.32 Å². The predicted octanol–water partition coefficient (Wildman–Crippen LogP) is 5.09. The van der Waals surface area contributed by atoms with Gasteiger partial charge in [-0.1, -0.05) is 36.4 Å². The highest BCUT2D eigenvalue weighted by Gasteiger charge is 2.41. The summed E-state index contributed by atoms with van der Waals surface area (Å²) in [6.45, 7) is 15.4. The first-order valence-electron chi connectivity index (χ1n) is 12.1. The summed E-state index contributed by atoms with van der Waals surface area (Å²) in [5.41, 5.74) is 14.4. The number of likely N-dealkylation sites (tertiary alicyclic amines) is 1. The lowest BCUT2D eigenvalue weighted by molar-refractivity contribution is -0.946. The number of piperidine rings is 1. The van der Waals surface area contributed by atoms with Gasteiger partial charge in [-0.2, -0.15) is 0 Å². The number of anilines is 2. The minimum atomic E-state index is 0.0470. The number of nitrogens with two attached hydrogens (primary N) is 1. The molecule has 0 aliphatic carbocycles. The normalized spacial score (nSPS) is 23.0. The van der Waals surface area contributed by atoms with Crippen molar-refractivity contribution in [2.75, 3.05) is 30.7 Å². The van der Waals surface area contributed by atoms with Crippen molar-refractivity contribution < 1.29 is 9.28 Å². The summed E-state index contributed by atoms with van der Waals surface area (Å²) in [7, 11) is 0. The fraction of sp³-hybridized carbons (Fsp3) is 0.464. The fourth-order valence-electron chi connectivity index (χ4n) is 5.21. The maximum Gasteiger partial charge on any atom is 0.217 e. The standard InChI is InChI=1S/C28H40N4O/c1-7-32(16-11-14-24-12-9-8-10-13-24)17-15-25(30-23(6)33)18-26(32)31-28-21(4)19(2)27(29)20(3)22(28)5/h8-14,25-26,31H,7,15-18,29H2,1-6H3/p+1/b14-11+. The lowest BCUT2D eigenvalue weighted by Crippen LogP contribution is -2.65. The third-order valence-corrected chi connectivity index (χ3v) is 7.70. The number of quaternary nitrogens is 1. The molecule has 2 aromatic carbocycles. The Kier molecular flexibility index (Phi) is 7.85. The van der Waals surface area contributed by atoms with Crippen LogP contribution in [-0.4, -0.2) is 42.2 Å². The van der Waals surface area contributed by atoms with E-state index in [2.05, 4.69) is 81.7 Å². The number of carbonyl (C=O) groups is 1. The highest BCUT2D eigenvalue weighted by Crippen LogP contribution is 2.35. The number of amides is 1. The van der Waals surface area contributed by atoms with Crippen LogP contribution in [0.1, 0.15) is 54.5 Å². The molecule has 0 radical (unpaired) electrons. The smallest absolute Gasteiger partial charge is 0.217 e. The Labute approximate surface area is 199 Å². The molecule has 3 rings (SSSR count). The van der Waals surface area contributed by atoms with E-state index in [4.69, 9.17) is 5.73 Å². The second-order valence-corrected chi connectivity index (χ2v) is 9.62. The van der Waals surface area contributed by atoms with E-state index in [1.807, 2.05) is 6.07 Å². The van der Waals surface area contributed by atoms with Gasteiger partial charge in [-0.05, 0) is 68.5 Å². The largest absolute Gasteiger partial charge is 0.398 e. The van der Waals surface area contributed by atoms with Gasteiger partial charge in [0, 0.05) is 37.2 Å². The molecule has 1 fully saturated rings. The molecule has 3 unspecified atom stereocenters. The lowest BCUT2D eigenvalue weighted by atomic mass is 9.94. The van der Waals surface area contributed by atoms with Gasteiger partial charge in [-0.25, -0.2) is 0 Å². The molecule has 1 aliphatic heterocycles. The number of benzene rings is 2. The van der Waals surface area contributed by atoms with E-state index < -0.39 is 0 Å². The molecule has 5 heteroatoms. The van der Waals surface area contributed by atoms with Gasteiger partial charge in [-0.3, -0.25) is 4.79 Å². The molecule has 178 valence electrons. The van der Waals surface area contributed by atoms with Crippen molar-refractivity contribution in [3.63, 3.8) is 0 Å². The zero-order valence-corrected chi connectivity index (χ0v) is 21.2. The van der Waals surface area contributed by atoms with Crippen LogP contribution in [-0.2, 0) is 4.79 Å². The molecule has 0 spiro atoms. The van der Waals surface area contributed by atoms with Crippen LogP contribution in [0.15, 0.2) is 36.4 Å². The summed E-state index contributed by atoms with van der Waals surface area (Å²) in [6.07, 6.45) is 6.61. The Bertz CT molecular complexity index is 985. The summed E-state index contributed by atoms with van der Waals surface area (Å²) < 4.78 is 0.945. The maximum atomic E-state index is 11.8. The number of nitrogens with one attached hydrogen (secondary N) is 2. The van der Waals surface area contributed by atoms with Gasteiger partial charge < -0.3 is 20.9 Å². The van der Waals surface area contributed by atoms with Gasteiger partial charge in [0.05, 0.1) is 19.6 Å². The zero-order valence-electron chi connectivity index (χ0n) is 21.2. The van der Waals surface area contributed by atoms with E-state index in [0.717, 1.165) is 53.8 Å². The van der Waals surface area contributed by atoms with Crippen LogP contribution < -0.4 is 16.4 Å². The Balaban J connectivity index is 1.94. The van der Waals surface area contributed by atoms with E-state index in [9.17, 15) is 4.79 Å². The molecule has 0 aromatic heterocycles. The average Bonchev–Trinajstić information content (AvgIpc) is 2.81. The van der Waals surface area contributed by atoms with Crippen LogP contribution in [0.3, 0.4) is 0 Å². The minimum absolute atomic E-state index is 0.0470. The maximum absolute atomic E-state index is 11.8. The zero-order chi connectivity index (χ0) is 24.2. The Hall–Kier alpha value is -2.79. The van der Waals surface area contributed by atoms with E-state index in [-0.39, 0.29) is 18.1 Å². The highest BCUT2D eigenvalue weighted by atomic mass is 16.1. The number of hydrogen-bond donors (Lipinski definition) is 3. The Morgan fingerprint density at radius 3 is 2.30 bits per heavy atom. The van der Waals surface area contributed by atoms with E-state index in [1.54, 1.807) is 6.92 Å². The molecule has 4 N–H and O–H groups in total. The van der Waals surface area contributed by atoms with E-state index in [1.165, 1.54) is 22.4 Å². The molecule has 5 nitrogen and oxygen atoms in total. The summed E-state index contributed by atoms with van der Waals surface area (Å²) in [6, 6.07) is 10.7. The number of nitrogens with zero attached hydrogens (tertiary/aromatic N) is 1. The summed E-state index contributed by atoms with van der Waals surface area (Å²) >= 11 is 0. The first-order valence-corrected chi connectivity index (χ1v) is 12.1.